The summed E-state index contributed by atoms with van der Waals surface area (Å²) in [5.74, 6) is -0.303. The lowest BCUT2D eigenvalue weighted by Gasteiger charge is -2.08. The summed E-state index contributed by atoms with van der Waals surface area (Å²) in [5.41, 5.74) is 2.97. The van der Waals surface area contributed by atoms with E-state index in [0.717, 1.165) is 0 Å². The van der Waals surface area contributed by atoms with Crippen molar-refractivity contribution in [3.63, 3.8) is 0 Å². The van der Waals surface area contributed by atoms with E-state index in [9.17, 15) is 4.79 Å². The van der Waals surface area contributed by atoms with Crippen LogP contribution >= 0.6 is 0 Å². The Labute approximate surface area is 101 Å². The Balaban J connectivity index is 2.25. The Kier molecular flexibility index (Phi) is 3.28. The molecule has 88 valence electrons. The first-order valence-electron chi connectivity index (χ1n) is 5.49. The zero-order chi connectivity index (χ0) is 12.3. The highest BCUT2D eigenvalue weighted by Gasteiger charge is 2.10. The molecule has 2 rings (SSSR count). The molecule has 0 spiro atoms. The molecule has 1 aromatic carbocycles. The molecule has 0 saturated carbocycles. The number of nitrogens with zero attached hydrogens (tertiary/aromatic N) is 1. The summed E-state index contributed by atoms with van der Waals surface area (Å²) in [5, 5.41) is 0. The normalized spacial score (nSPS) is 10.2. The van der Waals surface area contributed by atoms with E-state index < -0.39 is 0 Å². The predicted octanol–water partition coefficient (Wildman–Crippen LogP) is 2.63. The van der Waals surface area contributed by atoms with E-state index in [4.69, 9.17) is 4.74 Å². The van der Waals surface area contributed by atoms with Crippen LogP contribution in [0.4, 0.5) is 0 Å². The van der Waals surface area contributed by atoms with Gasteiger partial charge in [-0.1, -0.05) is 29.8 Å². The minimum atomic E-state index is -0.303. The van der Waals surface area contributed by atoms with E-state index in [1.165, 1.54) is 18.2 Å². The molecule has 0 aliphatic heterocycles. The van der Waals surface area contributed by atoms with Crippen LogP contribution in [-0.4, -0.2) is 17.6 Å². The van der Waals surface area contributed by atoms with E-state index in [0.29, 0.717) is 12.2 Å². The molecule has 1 aromatic heterocycles. The van der Waals surface area contributed by atoms with Crippen LogP contribution in [0, 0.1) is 6.92 Å². The average molecular weight is 229 g/mol. The number of aryl methyl sites for hydroxylation is 1. The second-order valence-corrected chi connectivity index (χ2v) is 4.00. The fraction of sp³-hybridized carbons (Fsp3) is 0.214. The molecule has 0 amide bonds. The van der Waals surface area contributed by atoms with Gasteiger partial charge >= 0.3 is 5.97 Å². The van der Waals surface area contributed by atoms with Gasteiger partial charge in [-0.3, -0.25) is 0 Å². The first-order valence-corrected chi connectivity index (χ1v) is 5.49. The smallest absolute Gasteiger partial charge is 0.354 e. The molecule has 0 aliphatic carbocycles. The van der Waals surface area contributed by atoms with E-state index in [1.807, 2.05) is 29.0 Å². The van der Waals surface area contributed by atoms with Crippen LogP contribution in [0.15, 0.2) is 42.6 Å². The third-order valence-electron chi connectivity index (χ3n) is 2.66. The van der Waals surface area contributed by atoms with Crippen molar-refractivity contribution in [3.8, 4) is 0 Å². The van der Waals surface area contributed by atoms with Crippen molar-refractivity contribution in [2.45, 2.75) is 13.5 Å². The summed E-state index contributed by atoms with van der Waals surface area (Å²) in [6, 6.07) is 11.9. The minimum Gasteiger partial charge on any atom is -0.464 e. The molecule has 3 nitrogen and oxygen atoms in total. The molecular weight excluding hydrogens is 214 g/mol. The van der Waals surface area contributed by atoms with Crippen molar-refractivity contribution in [1.29, 1.82) is 0 Å². The first-order chi connectivity index (χ1) is 8.20. The number of rotatable bonds is 3. The largest absolute Gasteiger partial charge is 0.464 e. The fourth-order valence-electron chi connectivity index (χ4n) is 1.85. The van der Waals surface area contributed by atoms with E-state index in [2.05, 4.69) is 19.1 Å². The average Bonchev–Trinajstić information content (AvgIpc) is 2.76. The maximum Gasteiger partial charge on any atom is 0.354 e. The maximum atomic E-state index is 11.5. The number of aromatic nitrogens is 1. The monoisotopic (exact) mass is 229 g/mol. The molecular formula is C14H15NO2. The van der Waals surface area contributed by atoms with Gasteiger partial charge in [0.25, 0.3) is 0 Å². The van der Waals surface area contributed by atoms with Crippen molar-refractivity contribution >= 4 is 5.97 Å². The van der Waals surface area contributed by atoms with Crippen LogP contribution in [0.5, 0.6) is 0 Å². The predicted molar refractivity (Wildman–Crippen MR) is 66.1 cm³/mol. The molecule has 17 heavy (non-hydrogen) atoms. The van der Waals surface area contributed by atoms with Gasteiger partial charge in [-0.15, -0.1) is 0 Å². The third kappa shape index (κ3) is 2.56. The van der Waals surface area contributed by atoms with Crippen molar-refractivity contribution in [3.05, 3.63) is 59.4 Å². The number of hydrogen-bond donors (Lipinski definition) is 0. The van der Waals surface area contributed by atoms with E-state index in [-0.39, 0.29) is 5.97 Å². The number of benzene rings is 1. The molecule has 2 aromatic rings. The molecule has 0 atom stereocenters. The Bertz CT molecular complexity index is 529. The van der Waals surface area contributed by atoms with E-state index in [1.54, 1.807) is 6.07 Å². The zero-order valence-electron chi connectivity index (χ0n) is 10.0. The lowest BCUT2D eigenvalue weighted by Crippen LogP contribution is -2.10. The number of carbonyl (C=O) groups is 1. The van der Waals surface area contributed by atoms with Gasteiger partial charge in [0.15, 0.2) is 0 Å². The van der Waals surface area contributed by atoms with Gasteiger partial charge in [-0.2, -0.15) is 0 Å². The van der Waals surface area contributed by atoms with Crippen LogP contribution in [0.25, 0.3) is 0 Å². The quantitative estimate of drug-likeness (QED) is 0.758. The molecule has 0 unspecified atom stereocenters. The van der Waals surface area contributed by atoms with Crippen LogP contribution in [0.2, 0.25) is 0 Å². The van der Waals surface area contributed by atoms with Crippen molar-refractivity contribution < 1.29 is 9.53 Å². The van der Waals surface area contributed by atoms with Gasteiger partial charge in [0.2, 0.25) is 0 Å². The van der Waals surface area contributed by atoms with Crippen molar-refractivity contribution in [1.82, 2.24) is 4.57 Å². The molecule has 0 saturated heterocycles. The SMILES string of the molecule is COC(=O)c1cccn1Cc1cccc(C)c1. The zero-order valence-corrected chi connectivity index (χ0v) is 10.0. The summed E-state index contributed by atoms with van der Waals surface area (Å²) < 4.78 is 6.63. The number of carbonyl (C=O) groups excluding carboxylic acids is 1. The molecule has 0 aliphatic rings. The number of methoxy groups -OCH3 is 1. The lowest BCUT2D eigenvalue weighted by molar-refractivity contribution is 0.0589. The summed E-state index contributed by atoms with van der Waals surface area (Å²) in [7, 11) is 1.40. The number of ether oxygens (including phenoxy) is 1. The Morgan fingerprint density at radius 3 is 2.82 bits per heavy atom. The van der Waals surface area contributed by atoms with Gasteiger partial charge in [0, 0.05) is 12.7 Å². The molecule has 3 heteroatoms. The summed E-state index contributed by atoms with van der Waals surface area (Å²) in [6.07, 6.45) is 1.88. The molecule has 1 heterocycles. The Morgan fingerprint density at radius 2 is 2.12 bits per heavy atom. The summed E-state index contributed by atoms with van der Waals surface area (Å²) in [6.45, 7) is 2.74. The molecule has 0 bridgehead atoms. The molecule has 0 fully saturated rings. The first kappa shape index (κ1) is 11.5. The van der Waals surface area contributed by atoms with Gasteiger partial charge in [0.1, 0.15) is 5.69 Å². The van der Waals surface area contributed by atoms with Gasteiger partial charge in [0.05, 0.1) is 7.11 Å². The van der Waals surface area contributed by atoms with Gasteiger partial charge < -0.3 is 9.30 Å². The topological polar surface area (TPSA) is 31.2 Å². The van der Waals surface area contributed by atoms with Crippen LogP contribution in [-0.2, 0) is 11.3 Å². The summed E-state index contributed by atoms with van der Waals surface area (Å²) >= 11 is 0. The second-order valence-electron chi connectivity index (χ2n) is 4.00. The summed E-state index contributed by atoms with van der Waals surface area (Å²) in [4.78, 5) is 11.5. The minimum absolute atomic E-state index is 0.303. The van der Waals surface area contributed by atoms with Gasteiger partial charge in [-0.25, -0.2) is 4.79 Å². The Hall–Kier alpha value is -2.03. The standard InChI is InChI=1S/C14H15NO2/c1-11-5-3-6-12(9-11)10-15-8-4-7-13(15)14(16)17-2/h3-9H,10H2,1-2H3. The molecule has 0 radical (unpaired) electrons. The van der Waals surface area contributed by atoms with Crippen LogP contribution in [0.3, 0.4) is 0 Å². The van der Waals surface area contributed by atoms with E-state index >= 15 is 0 Å². The highest BCUT2D eigenvalue weighted by molar-refractivity contribution is 5.87. The van der Waals surface area contributed by atoms with Crippen molar-refractivity contribution in [2.24, 2.45) is 0 Å². The second kappa shape index (κ2) is 4.87. The Morgan fingerprint density at radius 1 is 1.29 bits per heavy atom. The van der Waals surface area contributed by atoms with Crippen LogP contribution in [0.1, 0.15) is 21.6 Å². The van der Waals surface area contributed by atoms with Gasteiger partial charge in [-0.05, 0) is 24.6 Å². The molecule has 0 N–H and O–H groups in total. The maximum absolute atomic E-state index is 11.5. The number of hydrogen-bond acceptors (Lipinski definition) is 2. The van der Waals surface area contributed by atoms with Crippen LogP contribution < -0.4 is 0 Å². The fourth-order valence-corrected chi connectivity index (χ4v) is 1.85. The lowest BCUT2D eigenvalue weighted by atomic mass is 10.1. The number of esters is 1. The highest BCUT2D eigenvalue weighted by Crippen LogP contribution is 2.10. The highest BCUT2D eigenvalue weighted by atomic mass is 16.5. The third-order valence-corrected chi connectivity index (χ3v) is 2.66. The van der Waals surface area contributed by atoms with Crippen molar-refractivity contribution in [2.75, 3.05) is 7.11 Å².